The van der Waals surface area contributed by atoms with Gasteiger partial charge in [-0.2, -0.15) is 5.26 Å². The van der Waals surface area contributed by atoms with Gasteiger partial charge in [-0.1, -0.05) is 31.2 Å². The molecular weight excluding hydrogens is 408 g/mol. The second-order valence-electron chi connectivity index (χ2n) is 9.05. The number of amides is 2. The van der Waals surface area contributed by atoms with Crippen LogP contribution in [-0.2, 0) is 27.1 Å². The molecule has 1 aliphatic carbocycles. The number of carbonyl (C=O) groups is 2. The third kappa shape index (κ3) is 5.05. The van der Waals surface area contributed by atoms with Crippen LogP contribution < -0.4 is 5.32 Å². The van der Waals surface area contributed by atoms with Crippen LogP contribution in [-0.4, -0.2) is 79.4 Å². The van der Waals surface area contributed by atoms with Crippen LogP contribution in [0.25, 0.3) is 0 Å². The zero-order valence-corrected chi connectivity index (χ0v) is 18.7. The lowest BCUT2D eigenvalue weighted by atomic mass is 9.96. The van der Waals surface area contributed by atoms with Crippen LogP contribution in [0.1, 0.15) is 30.9 Å². The Labute approximate surface area is 189 Å². The van der Waals surface area contributed by atoms with Gasteiger partial charge in [0.25, 0.3) is 5.91 Å². The maximum absolute atomic E-state index is 13.3. The Kier molecular flexibility index (Phi) is 6.97. The number of hydrogen-bond acceptors (Lipinski definition) is 6. The first-order valence-corrected chi connectivity index (χ1v) is 11.6. The van der Waals surface area contributed by atoms with E-state index in [0.29, 0.717) is 45.7 Å². The van der Waals surface area contributed by atoms with Gasteiger partial charge in [0.15, 0.2) is 6.10 Å². The Morgan fingerprint density at radius 1 is 1.25 bits per heavy atom. The number of morpholine rings is 1. The summed E-state index contributed by atoms with van der Waals surface area (Å²) in [6.45, 7) is 5.97. The number of nitriles is 1. The van der Waals surface area contributed by atoms with E-state index in [0.717, 1.165) is 25.9 Å². The number of nitrogens with zero attached hydrogens (tertiary/aromatic N) is 3. The van der Waals surface area contributed by atoms with Crippen molar-refractivity contribution in [2.24, 2.45) is 5.92 Å². The average Bonchev–Trinajstić information content (AvgIpc) is 3.43. The van der Waals surface area contributed by atoms with Gasteiger partial charge < -0.3 is 24.6 Å². The lowest BCUT2D eigenvalue weighted by Gasteiger charge is -2.30. The van der Waals surface area contributed by atoms with Crippen molar-refractivity contribution in [1.82, 2.24) is 15.1 Å². The van der Waals surface area contributed by atoms with Crippen molar-refractivity contribution in [1.29, 1.82) is 5.26 Å². The minimum Gasteiger partial charge on any atom is -0.436 e. The summed E-state index contributed by atoms with van der Waals surface area (Å²) in [7, 11) is 0. The van der Waals surface area contributed by atoms with Crippen molar-refractivity contribution < 1.29 is 19.1 Å². The summed E-state index contributed by atoms with van der Waals surface area (Å²) in [6, 6.07) is 10.6. The summed E-state index contributed by atoms with van der Waals surface area (Å²) in [4.78, 5) is 29.9. The monoisotopic (exact) mass is 440 g/mol. The van der Waals surface area contributed by atoms with Gasteiger partial charge in [-0.25, -0.2) is 4.79 Å². The molecule has 2 saturated heterocycles. The van der Waals surface area contributed by atoms with Gasteiger partial charge in [0, 0.05) is 26.2 Å². The van der Waals surface area contributed by atoms with Crippen molar-refractivity contribution in [3.05, 3.63) is 35.4 Å². The van der Waals surface area contributed by atoms with E-state index in [1.54, 1.807) is 4.90 Å². The molecule has 2 heterocycles. The molecule has 4 rings (SSSR count). The third-order valence-corrected chi connectivity index (χ3v) is 6.86. The van der Waals surface area contributed by atoms with Crippen LogP contribution in [0.5, 0.6) is 0 Å². The number of rotatable bonds is 6. The van der Waals surface area contributed by atoms with Gasteiger partial charge in [-0.3, -0.25) is 4.79 Å². The first-order valence-electron chi connectivity index (χ1n) is 11.6. The molecule has 0 radical (unpaired) electrons. The van der Waals surface area contributed by atoms with Gasteiger partial charge in [-0.05, 0) is 49.3 Å². The molecule has 172 valence electrons. The van der Waals surface area contributed by atoms with E-state index in [4.69, 9.17) is 9.47 Å². The predicted molar refractivity (Wildman–Crippen MR) is 118 cm³/mol. The van der Waals surface area contributed by atoms with Crippen LogP contribution in [0, 0.1) is 17.2 Å². The van der Waals surface area contributed by atoms with Crippen LogP contribution in [0.2, 0.25) is 0 Å². The second-order valence-corrected chi connectivity index (χ2v) is 9.05. The molecule has 8 nitrogen and oxygen atoms in total. The Morgan fingerprint density at radius 2 is 1.94 bits per heavy atom. The maximum atomic E-state index is 13.3. The molecule has 1 aromatic rings. The van der Waals surface area contributed by atoms with Crippen molar-refractivity contribution in [2.45, 2.75) is 44.2 Å². The SMILES string of the molecule is CCN1CCC(C#N)(NC(=O)[C@H](CC2Cc3ccccc3C2)OC(=O)N2CCOCC2)C1. The molecule has 32 heavy (non-hydrogen) atoms. The number of ether oxygens (including phenoxy) is 2. The van der Waals surface area contributed by atoms with Crippen LogP contribution in [0.3, 0.4) is 0 Å². The molecule has 1 unspecified atom stereocenters. The first kappa shape index (κ1) is 22.6. The average molecular weight is 441 g/mol. The Balaban J connectivity index is 1.46. The standard InChI is InChI=1S/C24H32N4O4/c1-2-27-8-7-24(16-25,17-27)26-22(29)21(32-23(30)28-9-11-31-12-10-28)15-18-13-19-5-3-4-6-20(19)14-18/h3-6,18,21H,2,7-15,17H2,1H3,(H,26,29)/t21-,24?/m0/s1. The molecular formula is C24H32N4O4. The van der Waals surface area contributed by atoms with Crippen LogP contribution in [0.4, 0.5) is 4.79 Å². The van der Waals surface area contributed by atoms with E-state index in [-0.39, 0.29) is 11.8 Å². The molecule has 0 saturated carbocycles. The van der Waals surface area contributed by atoms with E-state index in [1.165, 1.54) is 11.1 Å². The second kappa shape index (κ2) is 9.88. The smallest absolute Gasteiger partial charge is 0.410 e. The number of likely N-dealkylation sites (N-methyl/N-ethyl adjacent to an activating group) is 1. The Bertz CT molecular complexity index is 854. The maximum Gasteiger partial charge on any atom is 0.410 e. The lowest BCUT2D eigenvalue weighted by molar-refractivity contribution is -0.132. The highest BCUT2D eigenvalue weighted by atomic mass is 16.6. The molecule has 1 N–H and O–H groups in total. The molecule has 2 aliphatic heterocycles. The fraction of sp³-hybridized carbons (Fsp3) is 0.625. The summed E-state index contributed by atoms with van der Waals surface area (Å²) in [5.74, 6) is -0.156. The lowest BCUT2D eigenvalue weighted by Crippen LogP contribution is -2.54. The predicted octanol–water partition coefficient (Wildman–Crippen LogP) is 1.73. The highest BCUT2D eigenvalue weighted by molar-refractivity contribution is 5.84. The fourth-order valence-electron chi connectivity index (χ4n) is 4.97. The molecule has 0 bridgehead atoms. The van der Waals surface area contributed by atoms with Crippen molar-refractivity contribution in [3.63, 3.8) is 0 Å². The molecule has 3 aliphatic rings. The number of hydrogen-bond donors (Lipinski definition) is 1. The van der Waals surface area contributed by atoms with Gasteiger partial charge >= 0.3 is 6.09 Å². The molecule has 0 aromatic heterocycles. The van der Waals surface area contributed by atoms with Crippen molar-refractivity contribution >= 4 is 12.0 Å². The summed E-state index contributed by atoms with van der Waals surface area (Å²) in [5.41, 5.74) is 1.65. The zero-order valence-electron chi connectivity index (χ0n) is 18.7. The van der Waals surface area contributed by atoms with Gasteiger partial charge in [-0.15, -0.1) is 0 Å². The number of likely N-dealkylation sites (tertiary alicyclic amines) is 1. The molecule has 1 aromatic carbocycles. The van der Waals surface area contributed by atoms with E-state index in [1.807, 2.05) is 19.1 Å². The minimum absolute atomic E-state index is 0.217. The molecule has 2 amide bonds. The molecule has 2 atom stereocenters. The van der Waals surface area contributed by atoms with Gasteiger partial charge in [0.1, 0.15) is 5.54 Å². The fourth-order valence-corrected chi connectivity index (χ4v) is 4.97. The highest BCUT2D eigenvalue weighted by Gasteiger charge is 2.42. The normalized spacial score (nSPS) is 24.6. The van der Waals surface area contributed by atoms with E-state index in [2.05, 4.69) is 28.4 Å². The van der Waals surface area contributed by atoms with Gasteiger partial charge in [0.2, 0.25) is 0 Å². The van der Waals surface area contributed by atoms with Gasteiger partial charge in [0.05, 0.1) is 19.3 Å². The summed E-state index contributed by atoms with van der Waals surface area (Å²) < 4.78 is 11.1. The van der Waals surface area contributed by atoms with Crippen LogP contribution in [0.15, 0.2) is 24.3 Å². The Hall–Kier alpha value is -2.63. The van der Waals surface area contributed by atoms with E-state index < -0.39 is 17.7 Å². The third-order valence-electron chi connectivity index (χ3n) is 6.86. The minimum atomic E-state index is -0.935. The van der Waals surface area contributed by atoms with E-state index in [9.17, 15) is 14.9 Å². The largest absolute Gasteiger partial charge is 0.436 e. The first-order chi connectivity index (χ1) is 15.5. The van der Waals surface area contributed by atoms with E-state index >= 15 is 0 Å². The topological polar surface area (TPSA) is 94.9 Å². The van der Waals surface area contributed by atoms with Crippen molar-refractivity contribution in [2.75, 3.05) is 45.9 Å². The number of fused-ring (bicyclic) bond motifs is 1. The number of nitrogens with one attached hydrogen (secondary N) is 1. The van der Waals surface area contributed by atoms with Crippen molar-refractivity contribution in [3.8, 4) is 6.07 Å². The zero-order chi connectivity index (χ0) is 22.6. The number of carbonyl (C=O) groups excluding carboxylic acids is 2. The quantitative estimate of drug-likeness (QED) is 0.724. The highest BCUT2D eigenvalue weighted by Crippen LogP contribution is 2.30. The summed E-state index contributed by atoms with van der Waals surface area (Å²) >= 11 is 0. The molecule has 2 fully saturated rings. The summed E-state index contributed by atoms with van der Waals surface area (Å²) in [5, 5.41) is 12.8. The molecule has 0 spiro atoms. The summed E-state index contributed by atoms with van der Waals surface area (Å²) in [6.07, 6.45) is 1.32. The number of benzene rings is 1. The Morgan fingerprint density at radius 3 is 2.53 bits per heavy atom. The molecule has 8 heteroatoms. The van der Waals surface area contributed by atoms with Crippen LogP contribution >= 0.6 is 0 Å².